The average Bonchev–Trinajstić information content (AvgIpc) is 3.86. The number of fused-ring (bicyclic) bond motifs is 2. The van der Waals surface area contributed by atoms with E-state index in [-0.39, 0.29) is 54.1 Å². The number of esters is 2. The number of Topliss-reactive ketones (excluding diaryl/α,β-unsaturated/α-hetero) is 2. The maximum atomic E-state index is 13.7. The van der Waals surface area contributed by atoms with Crippen LogP contribution in [0.2, 0.25) is 0 Å². The van der Waals surface area contributed by atoms with E-state index in [2.05, 4.69) is 35.1 Å². The van der Waals surface area contributed by atoms with Crippen molar-refractivity contribution < 1.29 is 41.8 Å². The summed E-state index contributed by atoms with van der Waals surface area (Å²) in [6.45, 7) is 15.0. The highest BCUT2D eigenvalue weighted by Crippen LogP contribution is 2.36. The van der Waals surface area contributed by atoms with E-state index in [0.29, 0.717) is 60.4 Å². The number of hydrogen-bond donors (Lipinski definition) is 0. The molecule has 0 radical (unpaired) electrons. The number of nitrogens with zero attached hydrogens (tertiary/aromatic N) is 2. The Hall–Kier alpha value is -7.53. The van der Waals surface area contributed by atoms with E-state index < -0.39 is 17.6 Å². The van der Waals surface area contributed by atoms with Gasteiger partial charge in [0.2, 0.25) is 0 Å². The minimum absolute atomic E-state index is 0.0180. The monoisotopic (exact) mass is 974 g/mol. The predicted molar refractivity (Wildman–Crippen MR) is 278 cm³/mol. The highest BCUT2D eigenvalue weighted by Gasteiger charge is 2.27. The zero-order valence-corrected chi connectivity index (χ0v) is 41.9. The third-order valence-electron chi connectivity index (χ3n) is 12.5. The maximum absolute atomic E-state index is 13.7. The molecule has 0 fully saturated rings. The highest BCUT2D eigenvalue weighted by molar-refractivity contribution is 6.12. The largest absolute Gasteiger partial charge is 0.462 e. The summed E-state index contributed by atoms with van der Waals surface area (Å²) in [7, 11) is 0. The minimum atomic E-state index is -0.923. The summed E-state index contributed by atoms with van der Waals surface area (Å²) >= 11 is 0. The van der Waals surface area contributed by atoms with Crippen molar-refractivity contribution in [1.29, 1.82) is 0 Å². The Bertz CT molecular complexity index is 3210. The summed E-state index contributed by atoms with van der Waals surface area (Å²) in [6.07, 6.45) is 1.03. The molecule has 72 heavy (non-hydrogen) atoms. The molecule has 0 saturated carbocycles. The second-order valence-electron chi connectivity index (χ2n) is 18.8. The number of hydrogen-bond acceptors (Lipinski definition) is 6. The molecule has 0 aliphatic heterocycles. The summed E-state index contributed by atoms with van der Waals surface area (Å²) in [5.41, 5.74) is 9.29. The lowest BCUT2D eigenvalue weighted by Gasteiger charge is -2.15. The van der Waals surface area contributed by atoms with E-state index >= 15 is 0 Å². The van der Waals surface area contributed by atoms with Gasteiger partial charge in [-0.15, -0.1) is 0 Å². The van der Waals surface area contributed by atoms with Crippen LogP contribution in [0.3, 0.4) is 0 Å². The third kappa shape index (κ3) is 12.3. The molecule has 0 amide bonds. The van der Waals surface area contributed by atoms with Crippen molar-refractivity contribution >= 4 is 45.3 Å². The molecule has 0 N–H and O–H groups in total. The smallest absolute Gasteiger partial charge is 0.338 e. The minimum Gasteiger partial charge on any atom is -0.462 e. The molecule has 372 valence electrons. The summed E-state index contributed by atoms with van der Waals surface area (Å²) < 4.78 is 55.2. The van der Waals surface area contributed by atoms with Gasteiger partial charge in [0, 0.05) is 59.2 Å². The molecule has 6 aromatic carbocycles. The van der Waals surface area contributed by atoms with E-state index in [1.165, 1.54) is 18.2 Å². The lowest BCUT2D eigenvalue weighted by Crippen LogP contribution is -2.12. The molecule has 2 aromatic heterocycles. The molecule has 0 bridgehead atoms. The number of halogens is 3. The first-order valence-corrected chi connectivity index (χ1v) is 24.6. The van der Waals surface area contributed by atoms with Gasteiger partial charge in [-0.2, -0.15) is 0 Å². The number of ether oxygens (including phenoxy) is 2. The van der Waals surface area contributed by atoms with E-state index in [1.807, 2.05) is 80.6 Å². The second-order valence-corrected chi connectivity index (χ2v) is 18.8. The maximum Gasteiger partial charge on any atom is 0.338 e. The van der Waals surface area contributed by atoms with Crippen molar-refractivity contribution in [3.63, 3.8) is 0 Å². The van der Waals surface area contributed by atoms with Gasteiger partial charge in [-0.05, 0) is 116 Å². The summed E-state index contributed by atoms with van der Waals surface area (Å²) in [4.78, 5) is 52.5. The Kier molecular flexibility index (Phi) is 17.1. The van der Waals surface area contributed by atoms with Gasteiger partial charge in [0.05, 0.1) is 34.9 Å². The molecular weight excluding hydrogens is 914 g/mol. The Morgan fingerprint density at radius 1 is 0.500 bits per heavy atom. The van der Waals surface area contributed by atoms with Crippen molar-refractivity contribution in [2.45, 2.75) is 105 Å². The standard InChI is InChI=1S/C31H31F2NO3.C30H30FNO3/c1-19(2)30-29(28(35)15-11-21-10-14-25(32)26(33)16-21)24-13-12-23(31(36)37-20(3)4)17-27(24)34(30)18-22-8-6-5-7-9-22;1-4-35-30(34)23-13-16-25-26(18-23)32(19-22-8-6-5-7-9-22)29(20(2)3)28(25)27(33)17-12-21-10-14-24(31)15-11-21/h5-10,12-14,16-17,19-20H,11,15,18H2,1-4H3;5-11,13-16,18,20H,4,12,17,19H2,1-3H3. The van der Waals surface area contributed by atoms with Crippen LogP contribution in [-0.4, -0.2) is 45.4 Å². The van der Waals surface area contributed by atoms with Gasteiger partial charge in [-0.1, -0.05) is 119 Å². The van der Waals surface area contributed by atoms with E-state index in [4.69, 9.17) is 9.47 Å². The van der Waals surface area contributed by atoms with Crippen molar-refractivity contribution in [1.82, 2.24) is 9.13 Å². The zero-order valence-electron chi connectivity index (χ0n) is 41.9. The zero-order chi connectivity index (χ0) is 51.6. The Morgan fingerprint density at radius 2 is 0.958 bits per heavy atom. The normalized spacial score (nSPS) is 11.3. The van der Waals surface area contributed by atoms with E-state index in [0.717, 1.165) is 62.0 Å². The molecular formula is C61H61F3N2O6. The van der Waals surface area contributed by atoms with Gasteiger partial charge in [-0.25, -0.2) is 22.8 Å². The average molecular weight is 975 g/mol. The van der Waals surface area contributed by atoms with E-state index in [9.17, 15) is 32.3 Å². The van der Waals surface area contributed by atoms with Crippen molar-refractivity contribution in [2.75, 3.05) is 6.61 Å². The Morgan fingerprint density at radius 3 is 1.40 bits per heavy atom. The van der Waals surface area contributed by atoms with Gasteiger partial charge in [0.1, 0.15) is 5.82 Å². The fourth-order valence-electron chi connectivity index (χ4n) is 9.26. The second kappa shape index (κ2) is 23.6. The predicted octanol–water partition coefficient (Wildman–Crippen LogP) is 14.4. The summed E-state index contributed by atoms with van der Waals surface area (Å²) in [5, 5.41) is 1.60. The van der Waals surface area contributed by atoms with Gasteiger partial charge >= 0.3 is 11.9 Å². The topological polar surface area (TPSA) is 96.6 Å². The van der Waals surface area contributed by atoms with Gasteiger partial charge in [0.25, 0.3) is 0 Å². The lowest BCUT2D eigenvalue weighted by molar-refractivity contribution is 0.0377. The third-order valence-corrected chi connectivity index (χ3v) is 12.5. The van der Waals surface area contributed by atoms with Crippen molar-refractivity contribution in [2.24, 2.45) is 0 Å². The van der Waals surface area contributed by atoms with Crippen LogP contribution in [0.25, 0.3) is 21.8 Å². The summed E-state index contributed by atoms with van der Waals surface area (Å²) in [6, 6.07) is 40.7. The number of aromatic nitrogens is 2. The number of benzene rings is 6. The summed E-state index contributed by atoms with van der Waals surface area (Å²) in [5.74, 6) is -2.85. The molecule has 0 saturated heterocycles. The van der Waals surface area contributed by atoms with Crippen molar-refractivity contribution in [3.05, 3.63) is 213 Å². The van der Waals surface area contributed by atoms with Crippen molar-refractivity contribution in [3.8, 4) is 0 Å². The first-order valence-electron chi connectivity index (χ1n) is 24.6. The highest BCUT2D eigenvalue weighted by atomic mass is 19.2. The Labute approximate surface area is 419 Å². The molecule has 0 aliphatic rings. The van der Waals surface area contributed by atoms with Crippen LogP contribution < -0.4 is 0 Å². The molecule has 8 aromatic rings. The molecule has 0 unspecified atom stereocenters. The number of carbonyl (C=O) groups excluding carboxylic acids is 4. The number of carbonyl (C=O) groups is 4. The first-order chi connectivity index (χ1) is 34.5. The van der Waals surface area contributed by atoms with Crippen LogP contribution in [0.15, 0.2) is 140 Å². The molecule has 0 aliphatic carbocycles. The molecule has 11 heteroatoms. The fraction of sp³-hybridized carbons (Fsp3) is 0.279. The number of aryl methyl sites for hydroxylation is 2. The van der Waals surface area contributed by atoms with Crippen LogP contribution in [0, 0.1) is 17.5 Å². The van der Waals surface area contributed by atoms with Crippen LogP contribution >= 0.6 is 0 Å². The SMILES string of the molecule is CC(C)OC(=O)c1ccc2c(C(=O)CCc3ccc(F)c(F)c3)c(C(C)C)n(Cc3ccccc3)c2c1.CCOC(=O)c1ccc2c(C(=O)CCc3ccc(F)cc3)c(C(C)C)n(Cc3ccccc3)c2c1. The van der Waals surface area contributed by atoms with Crippen LogP contribution in [0.4, 0.5) is 13.2 Å². The van der Waals surface area contributed by atoms with Gasteiger partial charge in [0.15, 0.2) is 23.2 Å². The fourth-order valence-corrected chi connectivity index (χ4v) is 9.26. The first kappa shape index (κ1) is 52.3. The number of rotatable bonds is 18. The number of ketones is 2. The van der Waals surface area contributed by atoms with Crippen LogP contribution in [-0.2, 0) is 35.4 Å². The van der Waals surface area contributed by atoms with Gasteiger partial charge < -0.3 is 18.6 Å². The molecule has 8 nitrogen and oxygen atoms in total. The molecule has 8 rings (SSSR count). The Balaban J connectivity index is 0.000000212. The molecule has 2 heterocycles. The lowest BCUT2D eigenvalue weighted by atomic mass is 9.96. The quantitative estimate of drug-likeness (QED) is 0.0628. The van der Waals surface area contributed by atoms with Crippen LogP contribution in [0.1, 0.15) is 148 Å². The molecule has 0 spiro atoms. The van der Waals surface area contributed by atoms with E-state index in [1.54, 1.807) is 51.1 Å². The van der Waals surface area contributed by atoms with Gasteiger partial charge in [-0.3, -0.25) is 9.59 Å². The molecule has 0 atom stereocenters. The van der Waals surface area contributed by atoms with Crippen LogP contribution in [0.5, 0.6) is 0 Å².